The third-order valence-corrected chi connectivity index (χ3v) is 4.93. The number of furan rings is 1. The second-order valence-corrected chi connectivity index (χ2v) is 6.94. The molecule has 0 aliphatic carbocycles. The predicted molar refractivity (Wildman–Crippen MR) is 102 cm³/mol. The molecule has 2 heterocycles. The van der Waals surface area contributed by atoms with Gasteiger partial charge < -0.3 is 15.6 Å². The number of nitrogen functional groups attached to an aromatic ring is 1. The number of benzene rings is 2. The van der Waals surface area contributed by atoms with Crippen molar-refractivity contribution in [2.75, 3.05) is 5.73 Å². The number of rotatable bonds is 4. The van der Waals surface area contributed by atoms with E-state index in [4.69, 9.17) is 10.2 Å². The number of fused-ring (bicyclic) bond motifs is 1. The van der Waals surface area contributed by atoms with Gasteiger partial charge >= 0.3 is 0 Å². The summed E-state index contributed by atoms with van der Waals surface area (Å²) in [6, 6.07) is 11.7. The van der Waals surface area contributed by atoms with Crippen molar-refractivity contribution in [2.45, 2.75) is 6.92 Å². The number of ketones is 1. The number of nitrogens with two attached hydrogens (primary N) is 1. The van der Waals surface area contributed by atoms with E-state index in [1.54, 1.807) is 23.5 Å². The molecule has 0 spiro atoms. The van der Waals surface area contributed by atoms with Gasteiger partial charge in [-0.2, -0.15) is 4.98 Å². The van der Waals surface area contributed by atoms with Crippen molar-refractivity contribution in [3.05, 3.63) is 69.1 Å². The molecule has 0 radical (unpaired) electrons. The van der Waals surface area contributed by atoms with Gasteiger partial charge in [-0.15, -0.1) is 4.91 Å². The van der Waals surface area contributed by atoms with Gasteiger partial charge in [-0.25, -0.2) is 0 Å². The van der Waals surface area contributed by atoms with Crippen LogP contribution in [0.4, 0.5) is 11.4 Å². The van der Waals surface area contributed by atoms with Crippen molar-refractivity contribution in [3.63, 3.8) is 0 Å². The molecule has 7 nitrogen and oxygen atoms in total. The van der Waals surface area contributed by atoms with Crippen molar-refractivity contribution in [1.29, 1.82) is 0 Å². The molecule has 2 aromatic heterocycles. The molecule has 0 bridgehead atoms. The maximum atomic E-state index is 12.7. The minimum Gasteiger partial charge on any atom is -0.870 e. The number of aromatic amines is 1. The Morgan fingerprint density at radius 3 is 2.74 bits per heavy atom. The number of nitroso groups, excluding NO2 is 1. The lowest BCUT2D eigenvalue weighted by Crippen LogP contribution is -2.03. The molecule has 0 saturated heterocycles. The van der Waals surface area contributed by atoms with Crippen LogP contribution in [0.1, 0.15) is 21.1 Å². The Bertz CT molecular complexity index is 1160. The summed E-state index contributed by atoms with van der Waals surface area (Å²) >= 11 is 1.62. The van der Waals surface area contributed by atoms with E-state index >= 15 is 0 Å². The zero-order valence-corrected chi connectivity index (χ0v) is 15.0. The van der Waals surface area contributed by atoms with E-state index in [0.29, 0.717) is 16.5 Å². The molecule has 8 heteroatoms. The monoisotopic (exact) mass is 381 g/mol. The molecule has 0 aliphatic heterocycles. The maximum absolute atomic E-state index is 12.7. The molecule has 0 atom stereocenters. The van der Waals surface area contributed by atoms with Gasteiger partial charge in [0.15, 0.2) is 5.76 Å². The highest BCUT2D eigenvalue weighted by Crippen LogP contribution is 2.33. The lowest BCUT2D eigenvalue weighted by molar-refractivity contribution is -0.366. The second kappa shape index (κ2) is 7.10. The van der Waals surface area contributed by atoms with E-state index in [0.717, 1.165) is 16.3 Å². The van der Waals surface area contributed by atoms with Gasteiger partial charge in [0.25, 0.3) is 0 Å². The molecule has 0 amide bonds. The third kappa shape index (κ3) is 3.23. The van der Waals surface area contributed by atoms with Crippen molar-refractivity contribution in [1.82, 2.24) is 0 Å². The summed E-state index contributed by atoms with van der Waals surface area (Å²) in [6.45, 7) is 2.00. The minimum absolute atomic E-state index is 0. The fourth-order valence-corrected chi connectivity index (χ4v) is 3.48. The number of aromatic nitrogens is 1. The number of H-pyrrole nitrogens is 1. The molecule has 27 heavy (non-hydrogen) atoms. The van der Waals surface area contributed by atoms with Crippen LogP contribution in [0.3, 0.4) is 0 Å². The van der Waals surface area contributed by atoms with Gasteiger partial charge in [0.2, 0.25) is 16.5 Å². The average molecular weight is 381 g/mol. The van der Waals surface area contributed by atoms with E-state index in [2.05, 4.69) is 10.2 Å². The number of carbonyl (C=O) groups is 1. The molecule has 2 aromatic carbocycles. The summed E-state index contributed by atoms with van der Waals surface area (Å²) < 4.78 is 5.76. The van der Waals surface area contributed by atoms with Crippen LogP contribution in [0.15, 0.2) is 57.4 Å². The smallest absolute Gasteiger partial charge is 0.232 e. The Kier molecular flexibility index (Phi) is 4.85. The van der Waals surface area contributed by atoms with Crippen LogP contribution in [-0.2, 0) is 0 Å². The number of nitrogens with zero attached hydrogens (tertiary/aromatic N) is 1. The molecule has 4 rings (SSSR count). The van der Waals surface area contributed by atoms with E-state index in [-0.39, 0.29) is 28.4 Å². The number of hydrogen-bond acceptors (Lipinski definition) is 7. The number of nitrogens with one attached hydrogen (secondary N) is 1. The van der Waals surface area contributed by atoms with Crippen LogP contribution < -0.4 is 10.7 Å². The van der Waals surface area contributed by atoms with Crippen molar-refractivity contribution in [2.24, 2.45) is 5.18 Å². The second-order valence-electron chi connectivity index (χ2n) is 5.86. The largest absolute Gasteiger partial charge is 0.870 e. The van der Waals surface area contributed by atoms with E-state index < -0.39 is 0 Å². The SMILES string of the molecule is Cc1[nH+]c(-c2ccc3c(N)c(C(=O)c4cccc(N=O)c4)oc3c2)cs1.[OH-]. The van der Waals surface area contributed by atoms with Crippen molar-refractivity contribution >= 4 is 39.5 Å². The summed E-state index contributed by atoms with van der Waals surface area (Å²) in [7, 11) is 0. The van der Waals surface area contributed by atoms with Gasteiger partial charge in [0.05, 0.1) is 16.6 Å². The number of anilines is 1. The molecule has 0 unspecified atom stereocenters. The van der Waals surface area contributed by atoms with E-state index in [1.807, 2.05) is 30.5 Å². The fraction of sp³-hybridized carbons (Fsp3) is 0.0526. The van der Waals surface area contributed by atoms with Gasteiger partial charge in [0.1, 0.15) is 11.3 Å². The summed E-state index contributed by atoms with van der Waals surface area (Å²) in [5.41, 5.74) is 9.35. The third-order valence-electron chi connectivity index (χ3n) is 4.12. The molecular weight excluding hydrogens is 366 g/mol. The molecule has 136 valence electrons. The van der Waals surface area contributed by atoms with Crippen molar-refractivity contribution < 1.29 is 19.7 Å². The quantitative estimate of drug-likeness (QED) is 0.415. The highest BCUT2D eigenvalue weighted by Gasteiger charge is 2.21. The Morgan fingerprint density at radius 1 is 1.22 bits per heavy atom. The molecule has 4 aromatic rings. The zero-order valence-electron chi connectivity index (χ0n) is 14.2. The predicted octanol–water partition coefficient (Wildman–Crippen LogP) is 4.32. The Labute approximate surface area is 157 Å². The minimum atomic E-state index is -0.385. The Hall–Kier alpha value is -3.36. The normalized spacial score (nSPS) is 10.6. The Morgan fingerprint density at radius 2 is 2.04 bits per heavy atom. The standard InChI is InChI=1S/C19H13N3O3S.H2O/c1-10-21-15(9-26-10)11-5-6-14-16(8-11)25-19(17(14)20)18(23)12-3-2-4-13(7-12)22-24;/h2-9H,20H2,1H3;1H2. The first-order chi connectivity index (χ1) is 12.6. The van der Waals surface area contributed by atoms with E-state index in [9.17, 15) is 9.70 Å². The molecule has 0 fully saturated rings. The zero-order chi connectivity index (χ0) is 18.3. The van der Waals surface area contributed by atoms with Crippen LogP contribution >= 0.6 is 11.3 Å². The van der Waals surface area contributed by atoms with Crippen LogP contribution in [0.25, 0.3) is 22.2 Å². The molecular formula is C19H15N3O4S. The summed E-state index contributed by atoms with van der Waals surface area (Å²) in [5, 5.41) is 6.64. The lowest BCUT2D eigenvalue weighted by Gasteiger charge is -1.99. The van der Waals surface area contributed by atoms with Gasteiger partial charge in [-0.1, -0.05) is 23.5 Å². The summed E-state index contributed by atoms with van der Waals surface area (Å²) in [5.74, 6) is -0.325. The van der Waals surface area contributed by atoms with Gasteiger partial charge in [0, 0.05) is 17.9 Å². The van der Waals surface area contributed by atoms with Gasteiger partial charge in [-0.3, -0.25) is 4.79 Å². The van der Waals surface area contributed by atoms with Crippen molar-refractivity contribution in [3.8, 4) is 11.3 Å². The highest BCUT2D eigenvalue weighted by atomic mass is 32.1. The molecule has 0 aliphatic rings. The van der Waals surface area contributed by atoms with Crippen LogP contribution in [0, 0.1) is 11.8 Å². The number of thiazole rings is 1. The highest BCUT2D eigenvalue weighted by molar-refractivity contribution is 7.09. The first-order valence-electron chi connectivity index (χ1n) is 7.85. The summed E-state index contributed by atoms with van der Waals surface area (Å²) in [4.78, 5) is 26.7. The van der Waals surface area contributed by atoms with Gasteiger partial charge in [-0.05, 0) is 35.5 Å². The number of aryl methyl sites for hydroxylation is 1. The first kappa shape index (κ1) is 18.4. The number of hydrogen-bond donors (Lipinski definition) is 1. The van der Waals surface area contributed by atoms with E-state index in [1.165, 1.54) is 12.1 Å². The topological polar surface area (TPSA) is 130 Å². The maximum Gasteiger partial charge on any atom is 0.232 e. The fourth-order valence-electron chi connectivity index (χ4n) is 2.82. The van der Waals surface area contributed by atoms with Crippen LogP contribution in [0.5, 0.6) is 0 Å². The van der Waals surface area contributed by atoms with Crippen LogP contribution in [0.2, 0.25) is 0 Å². The first-order valence-corrected chi connectivity index (χ1v) is 8.72. The lowest BCUT2D eigenvalue weighted by atomic mass is 10.1. The summed E-state index contributed by atoms with van der Waals surface area (Å²) in [6.07, 6.45) is 0. The van der Waals surface area contributed by atoms with Crippen LogP contribution in [-0.4, -0.2) is 11.3 Å². The average Bonchev–Trinajstić information content (AvgIpc) is 3.24. The number of carbonyl (C=O) groups excluding carboxylic acids is 1. The Balaban J connectivity index is 0.00000210. The molecule has 0 saturated carbocycles. The molecule has 4 N–H and O–H groups in total.